The Morgan fingerprint density at radius 3 is 2.46 bits per heavy atom. The molecule has 5 rings (SSSR count). The second-order valence-corrected chi connectivity index (χ2v) is 8.59. The molecule has 0 aromatic carbocycles. The maximum atomic E-state index is 12.7. The van der Waals surface area contributed by atoms with Gasteiger partial charge in [-0.25, -0.2) is 0 Å². The van der Waals surface area contributed by atoms with Gasteiger partial charge in [-0.3, -0.25) is 9.59 Å². The Bertz CT molecular complexity index is 758. The summed E-state index contributed by atoms with van der Waals surface area (Å²) in [6.45, 7) is 5.04. The van der Waals surface area contributed by atoms with Gasteiger partial charge < -0.3 is 29.5 Å². The van der Waals surface area contributed by atoms with Crippen molar-refractivity contribution in [1.82, 2.24) is 0 Å². The number of rotatable bonds is 1. The summed E-state index contributed by atoms with van der Waals surface area (Å²) in [5, 5.41) is 31.8. The predicted molar refractivity (Wildman–Crippen MR) is 83.5 cm³/mol. The molecular weight excluding hydrogens is 344 g/mol. The molecule has 0 aromatic rings. The van der Waals surface area contributed by atoms with Gasteiger partial charge in [0.1, 0.15) is 23.7 Å². The van der Waals surface area contributed by atoms with E-state index in [1.165, 1.54) is 6.92 Å². The summed E-state index contributed by atoms with van der Waals surface area (Å²) in [6.07, 6.45) is -6.05. The lowest BCUT2D eigenvalue weighted by atomic mass is 9.47. The van der Waals surface area contributed by atoms with Crippen LogP contribution in [0.1, 0.15) is 27.2 Å². The molecule has 10 atom stereocenters. The first-order valence-corrected chi connectivity index (χ1v) is 8.97. The number of cyclic esters (lactones) is 1. The fourth-order valence-corrected chi connectivity index (χ4v) is 6.07. The molecule has 8 heteroatoms. The molecule has 0 bridgehead atoms. The van der Waals surface area contributed by atoms with E-state index < -0.39 is 65.3 Å². The number of hydrogen-bond acceptors (Lipinski definition) is 8. The number of hydrogen-bond donors (Lipinski definition) is 3. The van der Waals surface area contributed by atoms with Gasteiger partial charge in [-0.05, 0) is 19.4 Å². The SMILES string of the molecule is CC(O)C1OC(=O)CC2=C1C(O)C1OC(=O)C3(C)C(O)C4OC4C2(C)C13. The van der Waals surface area contributed by atoms with Gasteiger partial charge in [0.15, 0.2) is 6.10 Å². The minimum Gasteiger partial charge on any atom is -0.458 e. The highest BCUT2D eigenvalue weighted by Gasteiger charge is 2.80. The zero-order valence-electron chi connectivity index (χ0n) is 14.7. The van der Waals surface area contributed by atoms with Crippen LogP contribution in [0.3, 0.4) is 0 Å². The third-order valence-electron chi connectivity index (χ3n) is 7.30. The first-order chi connectivity index (χ1) is 12.1. The van der Waals surface area contributed by atoms with Crippen LogP contribution < -0.4 is 0 Å². The molecule has 8 nitrogen and oxygen atoms in total. The van der Waals surface area contributed by atoms with Gasteiger partial charge in [-0.2, -0.15) is 0 Å². The van der Waals surface area contributed by atoms with Crippen molar-refractivity contribution in [3.63, 3.8) is 0 Å². The molecule has 5 aliphatic rings. The number of esters is 2. The first kappa shape index (κ1) is 16.7. The summed E-state index contributed by atoms with van der Waals surface area (Å²) >= 11 is 0. The van der Waals surface area contributed by atoms with Crippen molar-refractivity contribution in [2.75, 3.05) is 0 Å². The molecular formula is C18H22O8. The molecule has 10 unspecified atom stereocenters. The van der Waals surface area contributed by atoms with E-state index in [2.05, 4.69) is 0 Å². The summed E-state index contributed by atoms with van der Waals surface area (Å²) < 4.78 is 16.6. The standard InChI is InChI=1S/C18H22O8/c1-5(19)10-8-6(4-7(20)24-10)17(2)13-11(9(8)21)26-16(23)18(13,3)14(22)12-15(17)25-12/h5,9-15,19,21-22H,4H2,1-3H3. The lowest BCUT2D eigenvalue weighted by molar-refractivity contribution is -0.160. The van der Waals surface area contributed by atoms with Crippen molar-refractivity contribution in [3.05, 3.63) is 11.1 Å². The molecule has 0 amide bonds. The molecule has 2 aliphatic carbocycles. The first-order valence-electron chi connectivity index (χ1n) is 8.97. The summed E-state index contributed by atoms with van der Waals surface area (Å²) in [7, 11) is 0. The zero-order chi connectivity index (χ0) is 18.8. The highest BCUT2D eigenvalue weighted by molar-refractivity contribution is 5.83. The van der Waals surface area contributed by atoms with Crippen LogP contribution in [-0.4, -0.2) is 70.0 Å². The third kappa shape index (κ3) is 1.61. The molecule has 3 aliphatic heterocycles. The van der Waals surface area contributed by atoms with Crippen molar-refractivity contribution in [2.24, 2.45) is 16.7 Å². The number of aliphatic hydroxyl groups excluding tert-OH is 3. The Labute approximate surface area is 149 Å². The Morgan fingerprint density at radius 2 is 1.81 bits per heavy atom. The molecule has 2 saturated heterocycles. The molecule has 3 N–H and O–H groups in total. The Morgan fingerprint density at radius 1 is 1.12 bits per heavy atom. The van der Waals surface area contributed by atoms with E-state index in [1.807, 2.05) is 6.92 Å². The highest BCUT2D eigenvalue weighted by Crippen LogP contribution is 2.69. The van der Waals surface area contributed by atoms with Gasteiger partial charge in [0.2, 0.25) is 0 Å². The van der Waals surface area contributed by atoms with Crippen molar-refractivity contribution >= 4 is 11.9 Å². The van der Waals surface area contributed by atoms with Gasteiger partial charge in [0.05, 0.1) is 24.7 Å². The quantitative estimate of drug-likeness (QED) is 0.308. The van der Waals surface area contributed by atoms with E-state index in [1.54, 1.807) is 6.92 Å². The predicted octanol–water partition coefficient (Wildman–Crippen LogP) is -0.950. The van der Waals surface area contributed by atoms with Crippen molar-refractivity contribution < 1.29 is 39.1 Å². The van der Waals surface area contributed by atoms with Crippen LogP contribution in [-0.2, 0) is 23.8 Å². The van der Waals surface area contributed by atoms with E-state index in [9.17, 15) is 24.9 Å². The average molecular weight is 366 g/mol. The number of carbonyl (C=O) groups is 2. The van der Waals surface area contributed by atoms with Crippen LogP contribution in [0, 0.1) is 16.7 Å². The Hall–Kier alpha value is -1.48. The largest absolute Gasteiger partial charge is 0.458 e. The number of carbonyl (C=O) groups excluding carboxylic acids is 2. The van der Waals surface area contributed by atoms with Crippen LogP contribution >= 0.6 is 0 Å². The van der Waals surface area contributed by atoms with Gasteiger partial charge >= 0.3 is 11.9 Å². The molecule has 1 saturated carbocycles. The van der Waals surface area contributed by atoms with Gasteiger partial charge in [0, 0.05) is 16.9 Å². The summed E-state index contributed by atoms with van der Waals surface area (Å²) in [6, 6.07) is 0. The second kappa shape index (κ2) is 4.67. The zero-order valence-corrected chi connectivity index (χ0v) is 14.7. The fraction of sp³-hybridized carbons (Fsp3) is 0.778. The topological polar surface area (TPSA) is 126 Å². The van der Waals surface area contributed by atoms with Gasteiger partial charge in [-0.15, -0.1) is 0 Å². The summed E-state index contributed by atoms with van der Waals surface area (Å²) in [4.78, 5) is 24.9. The van der Waals surface area contributed by atoms with Crippen LogP contribution in [0.2, 0.25) is 0 Å². The molecule has 3 heterocycles. The van der Waals surface area contributed by atoms with E-state index in [4.69, 9.17) is 14.2 Å². The number of fused-ring (bicyclic) bond motifs is 3. The number of ether oxygens (including phenoxy) is 3. The fourth-order valence-electron chi connectivity index (χ4n) is 6.07. The minimum atomic E-state index is -1.22. The number of epoxide rings is 1. The molecule has 26 heavy (non-hydrogen) atoms. The molecule has 0 aromatic heterocycles. The lowest BCUT2D eigenvalue weighted by Crippen LogP contribution is -2.64. The minimum absolute atomic E-state index is 0.0394. The van der Waals surface area contributed by atoms with E-state index in [0.717, 1.165) is 0 Å². The number of aliphatic hydroxyl groups is 3. The van der Waals surface area contributed by atoms with E-state index in [-0.39, 0.29) is 12.5 Å². The normalized spacial score (nSPS) is 55.4. The summed E-state index contributed by atoms with van der Waals surface area (Å²) in [5.74, 6) is -1.59. The van der Waals surface area contributed by atoms with Crippen molar-refractivity contribution in [1.29, 1.82) is 0 Å². The smallest absolute Gasteiger partial charge is 0.315 e. The maximum absolute atomic E-state index is 12.7. The summed E-state index contributed by atoms with van der Waals surface area (Å²) in [5.41, 5.74) is -0.933. The Balaban J connectivity index is 1.76. The monoisotopic (exact) mass is 366 g/mol. The van der Waals surface area contributed by atoms with Crippen molar-refractivity contribution in [2.45, 2.75) is 69.9 Å². The average Bonchev–Trinajstić information content (AvgIpc) is 3.33. The maximum Gasteiger partial charge on any atom is 0.315 e. The Kier molecular flexibility index (Phi) is 3.00. The van der Waals surface area contributed by atoms with Crippen LogP contribution in [0.5, 0.6) is 0 Å². The van der Waals surface area contributed by atoms with Crippen LogP contribution in [0.4, 0.5) is 0 Å². The van der Waals surface area contributed by atoms with Crippen molar-refractivity contribution in [3.8, 4) is 0 Å². The molecule has 3 fully saturated rings. The highest BCUT2D eigenvalue weighted by atomic mass is 16.6. The van der Waals surface area contributed by atoms with Crippen LogP contribution in [0.25, 0.3) is 0 Å². The molecule has 0 radical (unpaired) electrons. The van der Waals surface area contributed by atoms with Crippen LogP contribution in [0.15, 0.2) is 11.1 Å². The third-order valence-corrected chi connectivity index (χ3v) is 7.30. The van der Waals surface area contributed by atoms with Gasteiger partial charge in [0.25, 0.3) is 0 Å². The molecule has 0 spiro atoms. The lowest BCUT2D eigenvalue weighted by Gasteiger charge is -2.54. The second-order valence-electron chi connectivity index (χ2n) is 8.59. The van der Waals surface area contributed by atoms with E-state index in [0.29, 0.717) is 11.1 Å². The molecule has 142 valence electrons. The van der Waals surface area contributed by atoms with Gasteiger partial charge in [-0.1, -0.05) is 6.92 Å². The van der Waals surface area contributed by atoms with E-state index >= 15 is 0 Å².